The minimum atomic E-state index is -0.622. The van der Waals surface area contributed by atoms with Gasteiger partial charge in [0.25, 0.3) is 5.95 Å². The number of furan rings is 1. The van der Waals surface area contributed by atoms with Gasteiger partial charge in [0.1, 0.15) is 4.92 Å². The molecule has 0 aliphatic rings. The van der Waals surface area contributed by atoms with E-state index in [4.69, 9.17) is 0 Å². The second-order valence-electron chi connectivity index (χ2n) is 1.55. The lowest BCUT2D eigenvalue weighted by atomic mass is 10.6. The molecule has 0 aromatic carbocycles. The van der Waals surface area contributed by atoms with Crippen LogP contribution in [0.4, 0.5) is 5.88 Å². The molecule has 1 heterocycles. The molecule has 1 aromatic heterocycles. The molecule has 0 spiro atoms. The third-order valence-electron chi connectivity index (χ3n) is 0.948. The minimum Gasteiger partial charge on any atom is -0.468 e. The van der Waals surface area contributed by atoms with E-state index < -0.39 is 4.92 Å². The van der Waals surface area contributed by atoms with Gasteiger partial charge in [0.15, 0.2) is 0 Å². The van der Waals surface area contributed by atoms with Crippen LogP contribution in [0.5, 0.6) is 5.95 Å². The molecule has 0 aliphatic heterocycles. The maximum atomic E-state index is 9.99. The Morgan fingerprint density at radius 1 is 1.70 bits per heavy atom. The lowest BCUT2D eigenvalue weighted by Gasteiger charge is -1.86. The topological polar surface area (TPSA) is 65.5 Å². The van der Waals surface area contributed by atoms with E-state index in [0.717, 1.165) is 0 Å². The van der Waals surface area contributed by atoms with Crippen molar-refractivity contribution < 1.29 is 14.1 Å². The summed E-state index contributed by atoms with van der Waals surface area (Å²) in [4.78, 5) is 9.36. The van der Waals surface area contributed by atoms with E-state index in [9.17, 15) is 10.1 Å². The third kappa shape index (κ3) is 1.07. The fourth-order valence-electron chi connectivity index (χ4n) is 0.518. The first-order valence-electron chi connectivity index (χ1n) is 2.52. The SMILES string of the molecule is COc1ccc([N+](=O)[O-])o1. The van der Waals surface area contributed by atoms with Crippen molar-refractivity contribution in [2.24, 2.45) is 0 Å². The summed E-state index contributed by atoms with van der Waals surface area (Å²) in [5.74, 6) is -0.163. The van der Waals surface area contributed by atoms with Crippen LogP contribution >= 0.6 is 0 Å². The Labute approximate surface area is 56.4 Å². The monoisotopic (exact) mass is 143 g/mol. The molecule has 0 fully saturated rings. The molecule has 5 heteroatoms. The summed E-state index contributed by atoms with van der Waals surface area (Å²) < 4.78 is 9.15. The molecule has 0 saturated heterocycles. The third-order valence-corrected chi connectivity index (χ3v) is 0.948. The average molecular weight is 143 g/mol. The van der Waals surface area contributed by atoms with Gasteiger partial charge in [0.2, 0.25) is 0 Å². The van der Waals surface area contributed by atoms with Crippen LogP contribution in [0.25, 0.3) is 0 Å². The predicted octanol–water partition coefficient (Wildman–Crippen LogP) is 1.20. The van der Waals surface area contributed by atoms with Gasteiger partial charge in [-0.3, -0.25) is 10.1 Å². The number of ether oxygens (including phenoxy) is 1. The number of nitrogens with zero attached hydrogens (tertiary/aromatic N) is 1. The number of hydrogen-bond donors (Lipinski definition) is 0. The Balaban J connectivity index is 2.88. The quantitative estimate of drug-likeness (QED) is 0.460. The second-order valence-corrected chi connectivity index (χ2v) is 1.55. The average Bonchev–Trinajstić information content (AvgIpc) is 2.34. The van der Waals surface area contributed by atoms with Crippen molar-refractivity contribution in [2.75, 3.05) is 7.11 Å². The van der Waals surface area contributed by atoms with Gasteiger partial charge >= 0.3 is 5.88 Å². The molecule has 0 aliphatic carbocycles. The van der Waals surface area contributed by atoms with Gasteiger partial charge in [-0.1, -0.05) is 0 Å². The molecule has 10 heavy (non-hydrogen) atoms. The molecule has 1 aromatic rings. The van der Waals surface area contributed by atoms with Crippen molar-refractivity contribution in [3.05, 3.63) is 22.2 Å². The first kappa shape index (κ1) is 6.60. The summed E-state index contributed by atoms with van der Waals surface area (Å²) in [6.45, 7) is 0. The highest BCUT2D eigenvalue weighted by molar-refractivity contribution is 5.20. The minimum absolute atomic E-state index is 0.145. The molecular weight excluding hydrogens is 138 g/mol. The molecule has 0 saturated carbocycles. The van der Waals surface area contributed by atoms with Crippen molar-refractivity contribution in [1.82, 2.24) is 0 Å². The molecule has 1 rings (SSSR count). The van der Waals surface area contributed by atoms with Crippen LogP contribution in [-0.4, -0.2) is 12.0 Å². The van der Waals surface area contributed by atoms with Gasteiger partial charge in [-0.25, -0.2) is 0 Å². The molecule has 54 valence electrons. The summed E-state index contributed by atoms with van der Waals surface area (Å²) in [7, 11) is 1.38. The van der Waals surface area contributed by atoms with E-state index in [1.54, 1.807) is 0 Å². The summed E-state index contributed by atoms with van der Waals surface area (Å²) >= 11 is 0. The summed E-state index contributed by atoms with van der Waals surface area (Å²) in [6.07, 6.45) is 0. The van der Waals surface area contributed by atoms with Crippen LogP contribution in [0.3, 0.4) is 0 Å². The predicted molar refractivity (Wildman–Crippen MR) is 31.9 cm³/mol. The molecule has 0 amide bonds. The van der Waals surface area contributed by atoms with E-state index in [0.29, 0.717) is 0 Å². The van der Waals surface area contributed by atoms with Gasteiger partial charge in [-0.15, -0.1) is 0 Å². The Hall–Kier alpha value is -1.52. The van der Waals surface area contributed by atoms with E-state index in [1.807, 2.05) is 0 Å². The smallest absolute Gasteiger partial charge is 0.436 e. The summed E-state index contributed by atoms with van der Waals surface area (Å²) in [5.41, 5.74) is 0. The molecule has 0 unspecified atom stereocenters. The van der Waals surface area contributed by atoms with E-state index in [1.165, 1.54) is 19.2 Å². The largest absolute Gasteiger partial charge is 0.468 e. The number of methoxy groups -OCH3 is 1. The Morgan fingerprint density at radius 2 is 2.40 bits per heavy atom. The van der Waals surface area contributed by atoms with E-state index in [2.05, 4.69) is 9.15 Å². The zero-order valence-electron chi connectivity index (χ0n) is 5.23. The first-order chi connectivity index (χ1) is 4.74. The summed E-state index contributed by atoms with van der Waals surface area (Å²) in [5, 5.41) is 9.99. The second kappa shape index (κ2) is 2.38. The highest BCUT2D eigenvalue weighted by Gasteiger charge is 2.10. The summed E-state index contributed by atoms with van der Waals surface area (Å²) in [6, 6.07) is 2.62. The lowest BCUT2D eigenvalue weighted by Crippen LogP contribution is -1.83. The maximum absolute atomic E-state index is 9.99. The van der Waals surface area contributed by atoms with Gasteiger partial charge in [-0.2, -0.15) is 0 Å². The van der Waals surface area contributed by atoms with E-state index in [-0.39, 0.29) is 11.8 Å². The Bertz CT molecular complexity index is 242. The van der Waals surface area contributed by atoms with Crippen LogP contribution in [0.1, 0.15) is 0 Å². The molecule has 0 atom stereocenters. The van der Waals surface area contributed by atoms with Crippen molar-refractivity contribution in [1.29, 1.82) is 0 Å². The van der Waals surface area contributed by atoms with Crippen molar-refractivity contribution in [2.45, 2.75) is 0 Å². The van der Waals surface area contributed by atoms with Gasteiger partial charge in [0.05, 0.1) is 13.2 Å². The van der Waals surface area contributed by atoms with Crippen LogP contribution in [0.15, 0.2) is 16.5 Å². The van der Waals surface area contributed by atoms with Gasteiger partial charge in [-0.05, 0) is 0 Å². The van der Waals surface area contributed by atoms with Crippen LogP contribution in [-0.2, 0) is 0 Å². The normalized spacial score (nSPS) is 9.30. The van der Waals surface area contributed by atoms with E-state index >= 15 is 0 Å². The van der Waals surface area contributed by atoms with Crippen molar-refractivity contribution in [3.8, 4) is 5.95 Å². The van der Waals surface area contributed by atoms with Crippen LogP contribution < -0.4 is 4.74 Å². The number of rotatable bonds is 2. The number of hydrogen-bond acceptors (Lipinski definition) is 4. The molecule has 0 N–H and O–H groups in total. The zero-order chi connectivity index (χ0) is 7.56. The van der Waals surface area contributed by atoms with Crippen LogP contribution in [0, 0.1) is 10.1 Å². The zero-order valence-corrected chi connectivity index (χ0v) is 5.23. The fraction of sp³-hybridized carbons (Fsp3) is 0.200. The Kier molecular flexibility index (Phi) is 1.57. The highest BCUT2D eigenvalue weighted by Crippen LogP contribution is 2.20. The highest BCUT2D eigenvalue weighted by atomic mass is 16.7. The lowest BCUT2D eigenvalue weighted by molar-refractivity contribution is -0.402. The molecule has 0 radical (unpaired) electrons. The molecule has 0 bridgehead atoms. The van der Waals surface area contributed by atoms with Gasteiger partial charge < -0.3 is 9.15 Å². The fourth-order valence-corrected chi connectivity index (χ4v) is 0.518. The molecular formula is C5H5NO4. The Morgan fingerprint density at radius 3 is 2.70 bits per heavy atom. The first-order valence-corrected chi connectivity index (χ1v) is 2.52. The van der Waals surface area contributed by atoms with Crippen molar-refractivity contribution in [3.63, 3.8) is 0 Å². The number of nitro groups is 1. The molecule has 5 nitrogen and oxygen atoms in total. The van der Waals surface area contributed by atoms with Gasteiger partial charge in [0, 0.05) is 6.07 Å². The van der Waals surface area contributed by atoms with Crippen molar-refractivity contribution >= 4 is 5.88 Å². The maximum Gasteiger partial charge on any atom is 0.436 e. The van der Waals surface area contributed by atoms with Crippen LogP contribution in [0.2, 0.25) is 0 Å². The standard InChI is InChI=1S/C5H5NO4/c1-9-5-3-2-4(10-5)6(7)8/h2-3H,1H3.